The Hall–Kier alpha value is -0.570. The van der Waals surface area contributed by atoms with Gasteiger partial charge in [0.25, 0.3) is 0 Å². The van der Waals surface area contributed by atoms with Crippen molar-refractivity contribution < 1.29 is 9.90 Å². The molecule has 0 aliphatic rings. The molecule has 0 aromatic heterocycles. The summed E-state index contributed by atoms with van der Waals surface area (Å²) >= 11 is 0. The van der Waals surface area contributed by atoms with E-state index in [0.29, 0.717) is 6.42 Å². The number of aliphatic carboxylic acids is 1. The molecule has 0 aromatic carbocycles. The maximum atomic E-state index is 10.9. The summed E-state index contributed by atoms with van der Waals surface area (Å²) in [4.78, 5) is 13.6. The molecule has 0 aliphatic carbocycles. The van der Waals surface area contributed by atoms with E-state index in [9.17, 15) is 4.79 Å². The zero-order valence-corrected chi connectivity index (χ0v) is 35.6. The summed E-state index contributed by atoms with van der Waals surface area (Å²) in [5, 5.41) is 8.96. The second kappa shape index (κ2) is 45.6. The Labute approximate surface area is 323 Å². The quantitative estimate of drug-likeness (QED) is 0.0637. The fraction of sp³-hybridized carbons (Fsp3) is 0.979. The molecule has 0 atom stereocenters. The molecular formula is C48H97NO2. The Kier molecular flexibility index (Phi) is 45.1. The Morgan fingerprint density at radius 3 is 0.667 bits per heavy atom. The summed E-state index contributed by atoms with van der Waals surface area (Å²) in [6.45, 7) is 8.26. The molecule has 0 rings (SSSR count). The van der Waals surface area contributed by atoms with Gasteiger partial charge in [-0.15, -0.1) is 0 Å². The van der Waals surface area contributed by atoms with Gasteiger partial charge < -0.3 is 10.0 Å². The van der Waals surface area contributed by atoms with E-state index in [1.807, 2.05) is 0 Å². The van der Waals surface area contributed by atoms with E-state index < -0.39 is 5.97 Å². The van der Waals surface area contributed by atoms with Gasteiger partial charge in [0.2, 0.25) is 0 Å². The van der Waals surface area contributed by atoms with Crippen LogP contribution in [-0.2, 0) is 4.79 Å². The van der Waals surface area contributed by atoms with Crippen molar-refractivity contribution in [2.75, 3.05) is 19.6 Å². The first-order chi connectivity index (χ1) is 25.2. The second-order valence-corrected chi connectivity index (χ2v) is 16.8. The largest absolute Gasteiger partial charge is 0.481 e. The predicted octanol–water partition coefficient (Wildman–Crippen LogP) is 16.8. The molecule has 3 nitrogen and oxygen atoms in total. The lowest BCUT2D eigenvalue weighted by molar-refractivity contribution is -0.137. The highest BCUT2D eigenvalue weighted by atomic mass is 16.4. The van der Waals surface area contributed by atoms with Crippen molar-refractivity contribution in [2.24, 2.45) is 0 Å². The van der Waals surface area contributed by atoms with Crippen molar-refractivity contribution in [3.63, 3.8) is 0 Å². The summed E-state index contributed by atoms with van der Waals surface area (Å²) in [6.07, 6.45) is 58.0. The predicted molar refractivity (Wildman–Crippen MR) is 229 cm³/mol. The van der Waals surface area contributed by atoms with Crippen molar-refractivity contribution in [1.82, 2.24) is 4.90 Å². The van der Waals surface area contributed by atoms with E-state index in [2.05, 4.69) is 18.7 Å². The minimum atomic E-state index is -0.643. The number of carbonyl (C=O) groups is 1. The summed E-state index contributed by atoms with van der Waals surface area (Å²) in [6, 6.07) is 0. The van der Waals surface area contributed by atoms with Crippen LogP contribution in [0.25, 0.3) is 0 Å². The van der Waals surface area contributed by atoms with Gasteiger partial charge in [0.15, 0.2) is 0 Å². The third kappa shape index (κ3) is 45.5. The molecule has 51 heavy (non-hydrogen) atoms. The lowest BCUT2D eigenvalue weighted by atomic mass is 10.0. The van der Waals surface area contributed by atoms with Gasteiger partial charge in [-0.25, -0.2) is 0 Å². The SMILES string of the molecule is CCCCCCCCCCCCCCCCCCCCCN(CCCCCCCCCCCCCCCCCCCCC)CCCCCC(=O)O. The first kappa shape index (κ1) is 50.4. The van der Waals surface area contributed by atoms with Crippen LogP contribution in [-0.4, -0.2) is 35.6 Å². The average Bonchev–Trinajstić information content (AvgIpc) is 3.12. The molecule has 0 saturated carbocycles. The highest BCUT2D eigenvalue weighted by molar-refractivity contribution is 5.66. The summed E-state index contributed by atoms with van der Waals surface area (Å²) in [7, 11) is 0. The van der Waals surface area contributed by atoms with Crippen LogP contribution >= 0.6 is 0 Å². The van der Waals surface area contributed by atoms with Crippen LogP contribution in [0.2, 0.25) is 0 Å². The van der Waals surface area contributed by atoms with Crippen LogP contribution in [0.4, 0.5) is 0 Å². The highest BCUT2D eigenvalue weighted by Gasteiger charge is 2.06. The van der Waals surface area contributed by atoms with Gasteiger partial charge in [-0.1, -0.05) is 251 Å². The van der Waals surface area contributed by atoms with Gasteiger partial charge >= 0.3 is 5.97 Å². The normalized spacial score (nSPS) is 11.7. The van der Waals surface area contributed by atoms with Crippen LogP contribution in [0.1, 0.15) is 284 Å². The molecule has 0 heterocycles. The van der Waals surface area contributed by atoms with E-state index in [1.165, 1.54) is 257 Å². The number of carboxylic acid groups (broad SMARTS) is 1. The maximum absolute atomic E-state index is 10.9. The van der Waals surface area contributed by atoms with Gasteiger partial charge in [0, 0.05) is 6.42 Å². The molecule has 0 aromatic rings. The van der Waals surface area contributed by atoms with Crippen molar-refractivity contribution in [3.8, 4) is 0 Å². The third-order valence-electron chi connectivity index (χ3n) is 11.5. The van der Waals surface area contributed by atoms with Crippen LogP contribution < -0.4 is 0 Å². The van der Waals surface area contributed by atoms with Crippen LogP contribution in [0.3, 0.4) is 0 Å². The second-order valence-electron chi connectivity index (χ2n) is 16.8. The Morgan fingerprint density at radius 1 is 0.294 bits per heavy atom. The van der Waals surface area contributed by atoms with Crippen molar-refractivity contribution in [3.05, 3.63) is 0 Å². The molecule has 0 unspecified atom stereocenters. The lowest BCUT2D eigenvalue weighted by Crippen LogP contribution is -2.27. The zero-order chi connectivity index (χ0) is 37.0. The standard InChI is InChI=1S/C48H97NO2/c1-3-5-7-9-11-13-15-17-19-21-23-25-27-29-31-33-35-37-41-45-49(47-43-39-40-44-48(50)51)46-42-38-36-34-32-30-28-26-24-22-20-18-16-14-12-10-8-6-4-2/h3-47H2,1-2H3,(H,50,51). The number of nitrogens with zero attached hydrogens (tertiary/aromatic N) is 1. The minimum Gasteiger partial charge on any atom is -0.481 e. The lowest BCUT2D eigenvalue weighted by Gasteiger charge is -2.22. The Bertz CT molecular complexity index is 595. The Balaban J connectivity index is 3.69. The van der Waals surface area contributed by atoms with Gasteiger partial charge in [-0.2, -0.15) is 0 Å². The van der Waals surface area contributed by atoms with Gasteiger partial charge in [-0.05, 0) is 45.3 Å². The third-order valence-corrected chi connectivity index (χ3v) is 11.5. The van der Waals surface area contributed by atoms with Crippen LogP contribution in [0.5, 0.6) is 0 Å². The van der Waals surface area contributed by atoms with Crippen LogP contribution in [0, 0.1) is 0 Å². The average molecular weight is 720 g/mol. The van der Waals surface area contributed by atoms with E-state index in [-0.39, 0.29) is 0 Å². The molecule has 0 aliphatic heterocycles. The molecule has 0 fully saturated rings. The van der Waals surface area contributed by atoms with Crippen molar-refractivity contribution >= 4 is 5.97 Å². The topological polar surface area (TPSA) is 40.5 Å². The molecule has 0 amide bonds. The highest BCUT2D eigenvalue weighted by Crippen LogP contribution is 2.17. The number of hydrogen-bond acceptors (Lipinski definition) is 2. The number of rotatable bonds is 46. The minimum absolute atomic E-state index is 0.332. The van der Waals surface area contributed by atoms with E-state index >= 15 is 0 Å². The van der Waals surface area contributed by atoms with E-state index in [0.717, 1.165) is 25.8 Å². The number of carboxylic acids is 1. The maximum Gasteiger partial charge on any atom is 0.303 e. The van der Waals surface area contributed by atoms with Gasteiger partial charge in [-0.3, -0.25) is 4.79 Å². The summed E-state index contributed by atoms with van der Waals surface area (Å²) < 4.78 is 0. The van der Waals surface area contributed by atoms with E-state index in [4.69, 9.17) is 5.11 Å². The molecule has 0 radical (unpaired) electrons. The van der Waals surface area contributed by atoms with Crippen LogP contribution in [0.15, 0.2) is 0 Å². The molecule has 3 heteroatoms. The van der Waals surface area contributed by atoms with Crippen molar-refractivity contribution in [1.29, 1.82) is 0 Å². The Morgan fingerprint density at radius 2 is 0.471 bits per heavy atom. The summed E-state index contributed by atoms with van der Waals surface area (Å²) in [5.41, 5.74) is 0. The van der Waals surface area contributed by atoms with E-state index in [1.54, 1.807) is 0 Å². The fourth-order valence-corrected chi connectivity index (χ4v) is 7.95. The molecular weight excluding hydrogens is 623 g/mol. The number of unbranched alkanes of at least 4 members (excludes halogenated alkanes) is 38. The first-order valence-electron chi connectivity index (χ1n) is 24.1. The molecule has 1 N–H and O–H groups in total. The van der Waals surface area contributed by atoms with Gasteiger partial charge in [0.05, 0.1) is 0 Å². The fourth-order valence-electron chi connectivity index (χ4n) is 7.95. The molecule has 306 valence electrons. The zero-order valence-electron chi connectivity index (χ0n) is 35.6. The monoisotopic (exact) mass is 720 g/mol. The molecule has 0 saturated heterocycles. The van der Waals surface area contributed by atoms with Gasteiger partial charge in [0.1, 0.15) is 0 Å². The first-order valence-corrected chi connectivity index (χ1v) is 24.1. The summed E-state index contributed by atoms with van der Waals surface area (Å²) in [5.74, 6) is -0.643. The number of hydrogen-bond donors (Lipinski definition) is 1. The van der Waals surface area contributed by atoms with Crippen molar-refractivity contribution in [2.45, 2.75) is 284 Å². The molecule has 0 spiro atoms. The smallest absolute Gasteiger partial charge is 0.303 e. The molecule has 0 bridgehead atoms.